The third kappa shape index (κ3) is 3.69. The lowest BCUT2D eigenvalue weighted by Crippen LogP contribution is -1.88. The first kappa shape index (κ1) is 15.1. The summed E-state index contributed by atoms with van der Waals surface area (Å²) in [6.07, 6.45) is 2.35. The van der Waals surface area contributed by atoms with E-state index in [4.69, 9.17) is 5.73 Å². The topological polar surface area (TPSA) is 63.6 Å². The SMILES string of the molecule is CC(C)CCc1cc2sc(/N=N/c3ccc(N)cc3)nc2s1. The van der Waals surface area contributed by atoms with Gasteiger partial charge < -0.3 is 5.73 Å². The van der Waals surface area contributed by atoms with Gasteiger partial charge in [-0.15, -0.1) is 21.6 Å². The fourth-order valence-corrected chi connectivity index (χ4v) is 4.08. The Morgan fingerprint density at radius 2 is 1.91 bits per heavy atom. The molecule has 0 aliphatic carbocycles. The van der Waals surface area contributed by atoms with E-state index in [-0.39, 0.29) is 0 Å². The minimum absolute atomic E-state index is 0.702. The molecule has 0 fully saturated rings. The van der Waals surface area contributed by atoms with E-state index in [0.717, 1.165) is 28.5 Å². The smallest absolute Gasteiger partial charge is 0.231 e. The van der Waals surface area contributed by atoms with Crippen molar-refractivity contribution >= 4 is 48.7 Å². The van der Waals surface area contributed by atoms with Crippen LogP contribution in [0.2, 0.25) is 0 Å². The van der Waals surface area contributed by atoms with Gasteiger partial charge in [0.1, 0.15) is 4.83 Å². The van der Waals surface area contributed by atoms with Crippen molar-refractivity contribution in [1.82, 2.24) is 4.98 Å². The van der Waals surface area contributed by atoms with Gasteiger partial charge in [0.05, 0.1) is 10.4 Å². The number of fused-ring (bicyclic) bond motifs is 1. The maximum absolute atomic E-state index is 5.65. The summed E-state index contributed by atoms with van der Waals surface area (Å²) in [6.45, 7) is 4.51. The monoisotopic (exact) mass is 330 g/mol. The summed E-state index contributed by atoms with van der Waals surface area (Å²) in [4.78, 5) is 7.02. The van der Waals surface area contributed by atoms with Crippen molar-refractivity contribution in [1.29, 1.82) is 0 Å². The van der Waals surface area contributed by atoms with Crippen LogP contribution in [0.15, 0.2) is 40.6 Å². The van der Waals surface area contributed by atoms with Crippen LogP contribution in [0.3, 0.4) is 0 Å². The summed E-state index contributed by atoms with van der Waals surface area (Å²) in [6, 6.07) is 9.56. The Kier molecular flexibility index (Phi) is 4.49. The predicted molar refractivity (Wildman–Crippen MR) is 95.7 cm³/mol. The summed E-state index contributed by atoms with van der Waals surface area (Å²) in [7, 11) is 0. The molecule has 0 aliphatic rings. The highest BCUT2D eigenvalue weighted by Gasteiger charge is 2.09. The van der Waals surface area contributed by atoms with Crippen molar-refractivity contribution in [3.8, 4) is 0 Å². The first-order valence-electron chi connectivity index (χ1n) is 7.26. The van der Waals surface area contributed by atoms with E-state index in [1.807, 2.05) is 24.3 Å². The van der Waals surface area contributed by atoms with Gasteiger partial charge in [0, 0.05) is 10.6 Å². The molecule has 0 saturated heterocycles. The molecule has 22 heavy (non-hydrogen) atoms. The lowest BCUT2D eigenvalue weighted by molar-refractivity contribution is 0.590. The summed E-state index contributed by atoms with van der Waals surface area (Å²) >= 11 is 3.35. The van der Waals surface area contributed by atoms with Crippen LogP contribution in [0.4, 0.5) is 16.5 Å². The Bertz CT molecular complexity index is 753. The van der Waals surface area contributed by atoms with Crippen LogP contribution in [0, 0.1) is 5.92 Å². The fourth-order valence-electron chi connectivity index (χ4n) is 2.01. The highest BCUT2D eigenvalue weighted by Crippen LogP contribution is 2.35. The van der Waals surface area contributed by atoms with Gasteiger partial charge >= 0.3 is 0 Å². The number of benzene rings is 1. The van der Waals surface area contributed by atoms with Gasteiger partial charge in [-0.25, -0.2) is 4.98 Å². The van der Waals surface area contributed by atoms with Gasteiger partial charge in [0.15, 0.2) is 0 Å². The highest BCUT2D eigenvalue weighted by molar-refractivity contribution is 7.28. The molecule has 0 spiro atoms. The minimum atomic E-state index is 0.702. The second-order valence-electron chi connectivity index (χ2n) is 5.60. The Morgan fingerprint density at radius 1 is 1.14 bits per heavy atom. The molecule has 0 atom stereocenters. The number of aromatic nitrogens is 1. The zero-order valence-electron chi connectivity index (χ0n) is 12.6. The Morgan fingerprint density at radius 3 is 2.59 bits per heavy atom. The second-order valence-corrected chi connectivity index (χ2v) is 7.73. The van der Waals surface area contributed by atoms with E-state index < -0.39 is 0 Å². The number of nitrogens with zero attached hydrogens (tertiary/aromatic N) is 3. The first-order chi connectivity index (χ1) is 10.6. The Labute approximate surface area is 137 Å². The van der Waals surface area contributed by atoms with Crippen molar-refractivity contribution in [2.45, 2.75) is 26.7 Å². The summed E-state index contributed by atoms with van der Waals surface area (Å²) < 4.78 is 1.20. The van der Waals surface area contributed by atoms with Crippen LogP contribution >= 0.6 is 22.7 Å². The molecule has 6 heteroatoms. The molecule has 0 radical (unpaired) electrons. The van der Waals surface area contributed by atoms with Gasteiger partial charge in [0.25, 0.3) is 0 Å². The number of rotatable bonds is 5. The van der Waals surface area contributed by atoms with Crippen LogP contribution in [0.5, 0.6) is 0 Å². The minimum Gasteiger partial charge on any atom is -0.399 e. The normalized spacial score (nSPS) is 12.0. The van der Waals surface area contributed by atoms with Crippen LogP contribution < -0.4 is 5.73 Å². The molecule has 0 amide bonds. The number of anilines is 1. The number of hydrogen-bond donors (Lipinski definition) is 1. The van der Waals surface area contributed by atoms with Crippen molar-refractivity contribution in [2.24, 2.45) is 16.1 Å². The molecule has 4 nitrogen and oxygen atoms in total. The molecular weight excluding hydrogens is 312 g/mol. The molecule has 0 aliphatic heterocycles. The molecule has 114 valence electrons. The van der Waals surface area contributed by atoms with Gasteiger partial charge in [-0.3, -0.25) is 0 Å². The maximum Gasteiger partial charge on any atom is 0.231 e. The van der Waals surface area contributed by atoms with Gasteiger partial charge in [0.2, 0.25) is 5.13 Å². The molecule has 2 N–H and O–H groups in total. The van der Waals surface area contributed by atoms with Crippen molar-refractivity contribution in [3.05, 3.63) is 35.2 Å². The van der Waals surface area contributed by atoms with Crippen LogP contribution in [0.25, 0.3) is 9.53 Å². The quantitative estimate of drug-likeness (QED) is 0.464. The first-order valence-corrected chi connectivity index (χ1v) is 8.90. The number of azo groups is 1. The molecule has 0 bridgehead atoms. The van der Waals surface area contributed by atoms with E-state index in [9.17, 15) is 0 Å². The van der Waals surface area contributed by atoms with E-state index in [1.54, 1.807) is 22.7 Å². The molecule has 0 unspecified atom stereocenters. The van der Waals surface area contributed by atoms with E-state index in [0.29, 0.717) is 5.13 Å². The third-order valence-electron chi connectivity index (χ3n) is 3.24. The number of aryl methyl sites for hydroxylation is 1. The second kappa shape index (κ2) is 6.54. The number of nitrogens with two attached hydrogens (primary N) is 1. The highest BCUT2D eigenvalue weighted by atomic mass is 32.1. The van der Waals surface area contributed by atoms with E-state index in [1.165, 1.54) is 16.0 Å². The van der Waals surface area contributed by atoms with Gasteiger partial charge in [-0.05, 0) is 49.1 Å². The Hall–Kier alpha value is -1.79. The molecule has 3 aromatic rings. The lowest BCUT2D eigenvalue weighted by Gasteiger charge is -2.00. The maximum atomic E-state index is 5.65. The molecule has 0 saturated carbocycles. The van der Waals surface area contributed by atoms with E-state index in [2.05, 4.69) is 35.1 Å². The van der Waals surface area contributed by atoms with Crippen molar-refractivity contribution in [2.75, 3.05) is 5.73 Å². The lowest BCUT2D eigenvalue weighted by atomic mass is 10.1. The van der Waals surface area contributed by atoms with Crippen LogP contribution in [0.1, 0.15) is 25.1 Å². The molecule has 2 aromatic heterocycles. The molecule has 3 rings (SSSR count). The van der Waals surface area contributed by atoms with Gasteiger partial charge in [-0.1, -0.05) is 25.2 Å². The van der Waals surface area contributed by atoms with E-state index >= 15 is 0 Å². The average Bonchev–Trinajstić information content (AvgIpc) is 3.02. The van der Waals surface area contributed by atoms with Gasteiger partial charge in [-0.2, -0.15) is 0 Å². The standard InChI is InChI=1S/C16H18N4S2/c1-10(2)3-8-13-9-14-15(21-13)18-16(22-14)20-19-12-6-4-11(17)5-7-12/h4-7,9-10H,3,8,17H2,1-2H3/b20-19+. The predicted octanol–water partition coefficient (Wildman–Crippen LogP) is 5.94. The van der Waals surface area contributed by atoms with Crippen molar-refractivity contribution < 1.29 is 0 Å². The van der Waals surface area contributed by atoms with Crippen molar-refractivity contribution in [3.63, 3.8) is 0 Å². The molecular formula is C16H18N4S2. The number of nitrogen functional groups attached to an aromatic ring is 1. The number of thiazole rings is 1. The number of hydrogen-bond acceptors (Lipinski definition) is 6. The third-order valence-corrected chi connectivity index (χ3v) is 5.35. The molecule has 2 heterocycles. The Balaban J connectivity index is 1.72. The van der Waals surface area contributed by atoms with Crippen LogP contribution in [-0.2, 0) is 6.42 Å². The largest absolute Gasteiger partial charge is 0.399 e. The van der Waals surface area contributed by atoms with Crippen LogP contribution in [-0.4, -0.2) is 4.98 Å². The fraction of sp³-hybridized carbons (Fsp3) is 0.312. The number of thiophene rings is 1. The summed E-state index contributed by atoms with van der Waals surface area (Å²) in [5, 5.41) is 9.12. The zero-order valence-corrected chi connectivity index (χ0v) is 14.2. The zero-order chi connectivity index (χ0) is 15.5. The summed E-state index contributed by atoms with van der Waals surface area (Å²) in [5.74, 6) is 0.734. The molecule has 1 aromatic carbocycles. The summed E-state index contributed by atoms with van der Waals surface area (Å²) in [5.41, 5.74) is 7.15. The average molecular weight is 330 g/mol.